The molecule has 0 radical (unpaired) electrons. The Morgan fingerprint density at radius 3 is 2.17 bits per heavy atom. The first-order chi connectivity index (χ1) is 8.56. The first-order valence-electron chi connectivity index (χ1n) is 5.02. The van der Waals surface area contributed by atoms with Crippen LogP contribution in [0, 0.1) is 0 Å². The molecule has 94 valence electrons. The number of hydrogen-bond donors (Lipinski definition) is 0. The van der Waals surface area contributed by atoms with Gasteiger partial charge in [0.1, 0.15) is 5.75 Å². The fraction of sp³-hybridized carbons (Fsp3) is 0.0769. The topological polar surface area (TPSA) is 9.23 Å². The first-order valence-corrected chi connectivity index (χ1v) is 6.53. The molecule has 1 nitrogen and oxygen atoms in total. The molecule has 0 saturated heterocycles. The average Bonchev–Trinajstić information content (AvgIpc) is 2.35. The molecule has 2 aromatic rings. The summed E-state index contributed by atoms with van der Waals surface area (Å²) >= 11 is 24.5. The molecule has 0 aliphatic heterocycles. The van der Waals surface area contributed by atoms with E-state index in [9.17, 15) is 0 Å². The van der Waals surface area contributed by atoms with Gasteiger partial charge in [-0.1, -0.05) is 58.5 Å². The van der Waals surface area contributed by atoms with Crippen molar-refractivity contribution in [3.8, 4) is 16.9 Å². The van der Waals surface area contributed by atoms with Crippen LogP contribution in [0.5, 0.6) is 5.75 Å². The van der Waals surface area contributed by atoms with Crippen LogP contribution in [0.2, 0.25) is 20.1 Å². The summed E-state index contributed by atoms with van der Waals surface area (Å²) in [5.74, 6) is 0.519. The minimum Gasteiger partial charge on any atom is -0.495 e. The molecule has 0 aliphatic rings. The van der Waals surface area contributed by atoms with Gasteiger partial charge in [-0.3, -0.25) is 0 Å². The highest BCUT2D eigenvalue weighted by Gasteiger charge is 2.17. The molecule has 0 atom stereocenters. The van der Waals surface area contributed by atoms with Crippen molar-refractivity contribution >= 4 is 46.4 Å². The summed E-state index contributed by atoms with van der Waals surface area (Å²) < 4.78 is 5.29. The lowest BCUT2D eigenvalue weighted by molar-refractivity contribution is 0.416. The van der Waals surface area contributed by atoms with E-state index >= 15 is 0 Å². The monoisotopic (exact) mass is 320 g/mol. The lowest BCUT2D eigenvalue weighted by Gasteiger charge is -2.13. The number of rotatable bonds is 2. The maximum absolute atomic E-state index is 6.20. The summed E-state index contributed by atoms with van der Waals surface area (Å²) in [5.41, 5.74) is 1.33. The normalized spacial score (nSPS) is 10.5. The van der Waals surface area contributed by atoms with Crippen LogP contribution in [-0.2, 0) is 0 Å². The Morgan fingerprint density at radius 1 is 0.833 bits per heavy atom. The van der Waals surface area contributed by atoms with E-state index in [1.807, 2.05) is 6.07 Å². The molecular formula is C13H8Cl4O. The van der Waals surface area contributed by atoms with Crippen LogP contribution in [0.4, 0.5) is 0 Å². The number of halogens is 4. The van der Waals surface area contributed by atoms with Crippen LogP contribution in [0.25, 0.3) is 11.1 Å². The lowest BCUT2D eigenvalue weighted by atomic mass is 10.0. The van der Waals surface area contributed by atoms with E-state index in [4.69, 9.17) is 51.1 Å². The highest BCUT2D eigenvalue weighted by molar-refractivity contribution is 6.46. The van der Waals surface area contributed by atoms with Crippen molar-refractivity contribution in [1.82, 2.24) is 0 Å². The summed E-state index contributed by atoms with van der Waals surface area (Å²) in [4.78, 5) is 0. The van der Waals surface area contributed by atoms with Crippen molar-refractivity contribution in [2.75, 3.05) is 7.11 Å². The van der Waals surface area contributed by atoms with Crippen LogP contribution >= 0.6 is 46.4 Å². The summed E-state index contributed by atoms with van der Waals surface area (Å²) in [6, 6.07) is 8.69. The second-order valence-corrected chi connectivity index (χ2v) is 5.14. The minimum atomic E-state index is 0.379. The number of hydrogen-bond acceptors (Lipinski definition) is 1. The van der Waals surface area contributed by atoms with Gasteiger partial charge in [-0.2, -0.15) is 0 Å². The number of methoxy groups -OCH3 is 1. The smallest absolute Gasteiger partial charge is 0.145 e. The van der Waals surface area contributed by atoms with Gasteiger partial charge >= 0.3 is 0 Å². The molecule has 0 amide bonds. The van der Waals surface area contributed by atoms with Crippen LogP contribution in [0.3, 0.4) is 0 Å². The van der Waals surface area contributed by atoms with Crippen LogP contribution in [0.1, 0.15) is 0 Å². The second kappa shape index (κ2) is 5.58. The molecule has 0 unspecified atom stereocenters. The molecular weight excluding hydrogens is 314 g/mol. The largest absolute Gasteiger partial charge is 0.495 e. The summed E-state index contributed by atoms with van der Waals surface area (Å²) in [7, 11) is 1.54. The van der Waals surface area contributed by atoms with Crippen molar-refractivity contribution in [1.29, 1.82) is 0 Å². The Labute approximate surface area is 125 Å². The van der Waals surface area contributed by atoms with Gasteiger partial charge in [0, 0.05) is 11.1 Å². The minimum absolute atomic E-state index is 0.379. The van der Waals surface area contributed by atoms with Gasteiger partial charge in [-0.25, -0.2) is 0 Å². The van der Waals surface area contributed by atoms with Gasteiger partial charge < -0.3 is 4.74 Å². The maximum Gasteiger partial charge on any atom is 0.145 e. The maximum atomic E-state index is 6.20. The van der Waals surface area contributed by atoms with Crippen molar-refractivity contribution < 1.29 is 4.74 Å². The van der Waals surface area contributed by atoms with Crippen molar-refractivity contribution in [2.45, 2.75) is 0 Å². The van der Waals surface area contributed by atoms with E-state index in [-0.39, 0.29) is 0 Å². The van der Waals surface area contributed by atoms with E-state index in [2.05, 4.69) is 0 Å². The van der Waals surface area contributed by atoms with E-state index < -0.39 is 0 Å². The third-order valence-corrected chi connectivity index (χ3v) is 3.90. The Morgan fingerprint density at radius 2 is 1.50 bits per heavy atom. The summed E-state index contributed by atoms with van der Waals surface area (Å²) in [6.45, 7) is 0. The zero-order valence-corrected chi connectivity index (χ0v) is 12.3. The van der Waals surface area contributed by atoms with Crippen molar-refractivity contribution in [3.05, 3.63) is 50.4 Å². The molecule has 2 aromatic carbocycles. The van der Waals surface area contributed by atoms with E-state index in [0.717, 1.165) is 0 Å². The standard InChI is InChI=1S/C13H8Cl4O/c1-18-13-7(3-2-4-10(13)16)11-8(14)5-6-9(15)12(11)17/h2-6H,1H3. The van der Waals surface area contributed by atoms with Gasteiger partial charge in [0.05, 0.1) is 27.2 Å². The summed E-state index contributed by atoms with van der Waals surface area (Å²) in [5, 5.41) is 1.79. The molecule has 0 N–H and O–H groups in total. The van der Waals surface area contributed by atoms with Gasteiger partial charge in [-0.05, 0) is 18.2 Å². The SMILES string of the molecule is COc1c(Cl)cccc1-c1c(Cl)ccc(Cl)c1Cl. The molecule has 0 heterocycles. The van der Waals surface area contributed by atoms with Crippen LogP contribution in [-0.4, -0.2) is 7.11 Å². The van der Waals surface area contributed by atoms with Gasteiger partial charge in [0.25, 0.3) is 0 Å². The Bertz CT molecular complexity index is 596. The van der Waals surface area contributed by atoms with Gasteiger partial charge in [0.2, 0.25) is 0 Å². The van der Waals surface area contributed by atoms with Gasteiger partial charge in [-0.15, -0.1) is 0 Å². The fourth-order valence-electron chi connectivity index (χ4n) is 1.69. The molecule has 0 fully saturated rings. The molecule has 0 bridgehead atoms. The van der Waals surface area contributed by atoms with Gasteiger partial charge in [0.15, 0.2) is 0 Å². The number of para-hydroxylation sites is 1. The Balaban J connectivity index is 2.77. The molecule has 0 spiro atoms. The number of ether oxygens (including phenoxy) is 1. The van der Waals surface area contributed by atoms with Crippen LogP contribution in [0.15, 0.2) is 30.3 Å². The molecule has 0 aliphatic carbocycles. The van der Waals surface area contributed by atoms with E-state index in [0.29, 0.717) is 37.0 Å². The molecule has 0 saturated carbocycles. The lowest BCUT2D eigenvalue weighted by Crippen LogP contribution is -1.91. The van der Waals surface area contributed by atoms with Crippen molar-refractivity contribution in [3.63, 3.8) is 0 Å². The molecule has 0 aromatic heterocycles. The average molecular weight is 322 g/mol. The quantitative estimate of drug-likeness (QED) is 0.618. The van der Waals surface area contributed by atoms with E-state index in [1.165, 1.54) is 7.11 Å². The van der Waals surface area contributed by atoms with E-state index in [1.54, 1.807) is 24.3 Å². The second-order valence-electron chi connectivity index (χ2n) is 3.54. The molecule has 5 heteroatoms. The summed E-state index contributed by atoms with van der Waals surface area (Å²) in [6.07, 6.45) is 0. The first kappa shape index (κ1) is 13.8. The highest BCUT2D eigenvalue weighted by atomic mass is 35.5. The predicted octanol–water partition coefficient (Wildman–Crippen LogP) is 5.98. The highest BCUT2D eigenvalue weighted by Crippen LogP contribution is 2.44. The molecule has 2 rings (SSSR count). The third-order valence-electron chi connectivity index (χ3n) is 2.48. The van der Waals surface area contributed by atoms with Crippen molar-refractivity contribution in [2.24, 2.45) is 0 Å². The zero-order valence-electron chi connectivity index (χ0n) is 9.31. The number of benzene rings is 2. The third kappa shape index (κ3) is 2.41. The Kier molecular flexibility index (Phi) is 4.29. The van der Waals surface area contributed by atoms with Crippen LogP contribution < -0.4 is 4.74 Å². The fourth-order valence-corrected chi connectivity index (χ4v) is 2.67. The Hall–Kier alpha value is -0.600. The predicted molar refractivity (Wildman–Crippen MR) is 78.5 cm³/mol. The zero-order chi connectivity index (χ0) is 13.3. The molecule has 18 heavy (non-hydrogen) atoms.